The van der Waals surface area contributed by atoms with Gasteiger partial charge in [-0.25, -0.2) is 0 Å². The van der Waals surface area contributed by atoms with E-state index in [1.807, 2.05) is 13.8 Å². The number of allylic oxidation sites excluding steroid dienone is 1. The molecule has 112 valence electrons. The summed E-state index contributed by atoms with van der Waals surface area (Å²) >= 11 is 0. The molecule has 2 unspecified atom stereocenters. The fourth-order valence-corrected chi connectivity index (χ4v) is 2.55. The predicted octanol–water partition coefficient (Wildman–Crippen LogP) is 4.35. The lowest BCUT2D eigenvalue weighted by molar-refractivity contribution is -0.121. The van der Waals surface area contributed by atoms with Crippen LogP contribution in [0.5, 0.6) is 0 Å². The zero-order valence-corrected chi connectivity index (χ0v) is 13.8. The standard InChI is InChI=1S/C17H33NO/c1-7-10-11-15(9-3)17(6,12-8-2)18-13-16(19)14(4)5/h8,12,14-15,18H,7,9-11,13H2,1-6H3. The zero-order valence-electron chi connectivity index (χ0n) is 13.8. The van der Waals surface area contributed by atoms with Crippen LogP contribution in [0.2, 0.25) is 0 Å². The number of hydrogen-bond donors (Lipinski definition) is 1. The van der Waals surface area contributed by atoms with E-state index >= 15 is 0 Å². The van der Waals surface area contributed by atoms with Crippen molar-refractivity contribution >= 4 is 5.78 Å². The first kappa shape index (κ1) is 18.4. The van der Waals surface area contributed by atoms with Crippen molar-refractivity contribution < 1.29 is 4.79 Å². The third kappa shape index (κ3) is 6.38. The summed E-state index contributed by atoms with van der Waals surface area (Å²) < 4.78 is 0. The first-order valence-corrected chi connectivity index (χ1v) is 7.82. The Morgan fingerprint density at radius 1 is 1.32 bits per heavy atom. The predicted molar refractivity (Wildman–Crippen MR) is 84.4 cm³/mol. The molecule has 0 aliphatic carbocycles. The molecule has 0 aromatic heterocycles. The third-order valence-electron chi connectivity index (χ3n) is 4.05. The molecule has 0 aromatic rings. The fraction of sp³-hybridized carbons (Fsp3) is 0.824. The number of carbonyl (C=O) groups is 1. The quantitative estimate of drug-likeness (QED) is 0.596. The van der Waals surface area contributed by atoms with Gasteiger partial charge in [-0.1, -0.05) is 59.1 Å². The summed E-state index contributed by atoms with van der Waals surface area (Å²) in [5.41, 5.74) is -0.0662. The molecule has 0 bridgehead atoms. The summed E-state index contributed by atoms with van der Waals surface area (Å²) in [7, 11) is 0. The van der Waals surface area contributed by atoms with Gasteiger partial charge in [0.2, 0.25) is 0 Å². The van der Waals surface area contributed by atoms with E-state index in [1.165, 1.54) is 19.3 Å². The van der Waals surface area contributed by atoms with E-state index in [4.69, 9.17) is 0 Å². The molecule has 0 rings (SSSR count). The van der Waals surface area contributed by atoms with E-state index in [1.54, 1.807) is 0 Å². The molecular weight excluding hydrogens is 234 g/mol. The van der Waals surface area contributed by atoms with Gasteiger partial charge in [-0.2, -0.15) is 0 Å². The van der Waals surface area contributed by atoms with Crippen molar-refractivity contribution in [1.29, 1.82) is 0 Å². The van der Waals surface area contributed by atoms with Gasteiger partial charge < -0.3 is 5.32 Å². The Kier molecular flexibility index (Phi) is 8.99. The van der Waals surface area contributed by atoms with Crippen molar-refractivity contribution in [3.8, 4) is 0 Å². The number of rotatable bonds is 10. The van der Waals surface area contributed by atoms with E-state index in [2.05, 4.69) is 45.2 Å². The minimum absolute atomic E-state index is 0.0662. The van der Waals surface area contributed by atoms with Crippen LogP contribution in [0, 0.1) is 11.8 Å². The van der Waals surface area contributed by atoms with Crippen LogP contribution >= 0.6 is 0 Å². The molecule has 1 N–H and O–H groups in total. The largest absolute Gasteiger partial charge is 0.301 e. The summed E-state index contributed by atoms with van der Waals surface area (Å²) in [6, 6.07) is 0. The van der Waals surface area contributed by atoms with Crippen LogP contribution in [0.25, 0.3) is 0 Å². The normalized spacial score (nSPS) is 16.8. The maximum atomic E-state index is 11.8. The summed E-state index contributed by atoms with van der Waals surface area (Å²) in [5.74, 6) is 0.989. The van der Waals surface area contributed by atoms with Gasteiger partial charge in [-0.05, 0) is 26.2 Å². The minimum atomic E-state index is -0.0662. The van der Waals surface area contributed by atoms with Crippen LogP contribution in [-0.4, -0.2) is 17.9 Å². The second kappa shape index (κ2) is 9.30. The lowest BCUT2D eigenvalue weighted by atomic mass is 9.79. The molecule has 2 heteroatoms. The molecule has 2 atom stereocenters. The number of ketones is 1. The highest BCUT2D eigenvalue weighted by atomic mass is 16.1. The monoisotopic (exact) mass is 267 g/mol. The number of carbonyl (C=O) groups excluding carboxylic acids is 1. The Hall–Kier alpha value is -0.630. The van der Waals surface area contributed by atoms with Gasteiger partial charge in [-0.15, -0.1) is 0 Å². The van der Waals surface area contributed by atoms with Crippen molar-refractivity contribution in [1.82, 2.24) is 5.32 Å². The third-order valence-corrected chi connectivity index (χ3v) is 4.05. The summed E-state index contributed by atoms with van der Waals surface area (Å²) in [6.45, 7) is 13.2. The first-order valence-electron chi connectivity index (χ1n) is 7.82. The molecule has 0 radical (unpaired) electrons. The second-order valence-electron chi connectivity index (χ2n) is 6.00. The Labute approximate surface area is 120 Å². The molecule has 0 aliphatic rings. The SMILES string of the molecule is CC=CC(C)(NCC(=O)C(C)C)C(CC)CCCC. The van der Waals surface area contributed by atoms with Crippen LogP contribution in [0.3, 0.4) is 0 Å². The summed E-state index contributed by atoms with van der Waals surface area (Å²) in [6.07, 6.45) is 9.17. The first-order chi connectivity index (χ1) is 8.91. The van der Waals surface area contributed by atoms with Gasteiger partial charge in [0.15, 0.2) is 0 Å². The summed E-state index contributed by atoms with van der Waals surface area (Å²) in [4.78, 5) is 11.8. The highest BCUT2D eigenvalue weighted by Crippen LogP contribution is 2.27. The van der Waals surface area contributed by atoms with Crippen LogP contribution < -0.4 is 5.32 Å². The van der Waals surface area contributed by atoms with Crippen LogP contribution in [-0.2, 0) is 4.79 Å². The number of unbranched alkanes of at least 4 members (excludes halogenated alkanes) is 1. The smallest absolute Gasteiger partial charge is 0.149 e. The molecule has 0 saturated carbocycles. The minimum Gasteiger partial charge on any atom is -0.301 e. The highest BCUT2D eigenvalue weighted by molar-refractivity contribution is 5.82. The molecule has 19 heavy (non-hydrogen) atoms. The fourth-order valence-electron chi connectivity index (χ4n) is 2.55. The van der Waals surface area contributed by atoms with Crippen molar-refractivity contribution in [3.63, 3.8) is 0 Å². The second-order valence-corrected chi connectivity index (χ2v) is 6.00. The van der Waals surface area contributed by atoms with Crippen LogP contribution in [0.4, 0.5) is 0 Å². The van der Waals surface area contributed by atoms with E-state index < -0.39 is 0 Å². The maximum Gasteiger partial charge on any atom is 0.149 e. The lowest BCUT2D eigenvalue weighted by Gasteiger charge is -2.36. The van der Waals surface area contributed by atoms with Crippen molar-refractivity contribution in [2.24, 2.45) is 11.8 Å². The Balaban J connectivity index is 4.75. The Bertz CT molecular complexity index is 283. The van der Waals surface area contributed by atoms with Crippen LogP contribution in [0.15, 0.2) is 12.2 Å². The summed E-state index contributed by atoms with van der Waals surface area (Å²) in [5, 5.41) is 3.50. The van der Waals surface area contributed by atoms with E-state index in [-0.39, 0.29) is 11.5 Å². The average molecular weight is 267 g/mol. The zero-order chi connectivity index (χ0) is 14.9. The van der Waals surface area contributed by atoms with E-state index in [9.17, 15) is 4.79 Å². The van der Waals surface area contributed by atoms with E-state index in [0.717, 1.165) is 6.42 Å². The highest BCUT2D eigenvalue weighted by Gasteiger charge is 2.30. The molecule has 0 heterocycles. The van der Waals surface area contributed by atoms with Gasteiger partial charge in [-0.3, -0.25) is 4.79 Å². The number of hydrogen-bond acceptors (Lipinski definition) is 2. The van der Waals surface area contributed by atoms with Gasteiger partial charge in [0, 0.05) is 11.5 Å². The van der Waals surface area contributed by atoms with Crippen molar-refractivity contribution in [3.05, 3.63) is 12.2 Å². The molecule has 2 nitrogen and oxygen atoms in total. The Morgan fingerprint density at radius 2 is 1.95 bits per heavy atom. The molecule has 0 aliphatic heterocycles. The Morgan fingerprint density at radius 3 is 2.37 bits per heavy atom. The molecule has 0 fully saturated rings. The van der Waals surface area contributed by atoms with Gasteiger partial charge in [0.05, 0.1) is 6.54 Å². The lowest BCUT2D eigenvalue weighted by Crippen LogP contribution is -2.49. The van der Waals surface area contributed by atoms with E-state index in [0.29, 0.717) is 18.2 Å². The molecule has 0 aromatic carbocycles. The van der Waals surface area contributed by atoms with Gasteiger partial charge in [0.1, 0.15) is 5.78 Å². The molecule has 0 spiro atoms. The molecule has 0 saturated heterocycles. The number of Topliss-reactive ketones (excluding diaryl/α,β-unsaturated/α-hetero) is 1. The average Bonchev–Trinajstić information content (AvgIpc) is 2.37. The number of nitrogens with one attached hydrogen (secondary N) is 1. The topological polar surface area (TPSA) is 29.1 Å². The van der Waals surface area contributed by atoms with Gasteiger partial charge in [0.25, 0.3) is 0 Å². The molecular formula is C17H33NO. The van der Waals surface area contributed by atoms with Gasteiger partial charge >= 0.3 is 0 Å². The molecule has 0 amide bonds. The maximum absolute atomic E-state index is 11.8. The van der Waals surface area contributed by atoms with Crippen molar-refractivity contribution in [2.75, 3.05) is 6.54 Å². The van der Waals surface area contributed by atoms with Crippen LogP contribution in [0.1, 0.15) is 67.2 Å². The van der Waals surface area contributed by atoms with Crippen molar-refractivity contribution in [2.45, 2.75) is 72.8 Å².